The molecule has 0 aliphatic rings. The number of hydrogen-bond donors (Lipinski definition) is 2. The minimum atomic E-state index is 0.610. The van der Waals surface area contributed by atoms with Crippen molar-refractivity contribution < 1.29 is 0 Å². The van der Waals surface area contributed by atoms with Gasteiger partial charge >= 0.3 is 0 Å². The zero-order chi connectivity index (χ0) is 7.28. The van der Waals surface area contributed by atoms with Gasteiger partial charge in [-0.1, -0.05) is 0 Å². The van der Waals surface area contributed by atoms with E-state index in [1.807, 2.05) is 0 Å². The van der Waals surface area contributed by atoms with Crippen molar-refractivity contribution in [1.29, 1.82) is 0 Å². The van der Waals surface area contributed by atoms with Crippen LogP contribution in [-0.2, 0) is 0 Å². The number of likely N-dealkylation sites (N-methyl/N-ethyl adjacent to an activating group) is 1. The summed E-state index contributed by atoms with van der Waals surface area (Å²) in [5.41, 5.74) is 2.61. The molecule has 0 saturated heterocycles. The van der Waals surface area contributed by atoms with E-state index >= 15 is 0 Å². The van der Waals surface area contributed by atoms with Gasteiger partial charge in [0.05, 0.1) is 0 Å². The average Bonchev–Trinajstić information content (AvgIpc) is 1.82. The van der Waals surface area contributed by atoms with Crippen molar-refractivity contribution in [3.8, 4) is 0 Å². The molecule has 0 heterocycles. The fourth-order valence-electron chi connectivity index (χ4n) is 0.499. The van der Waals surface area contributed by atoms with Crippen molar-refractivity contribution in [2.45, 2.75) is 19.9 Å². The molecule has 0 spiro atoms. The van der Waals surface area contributed by atoms with Gasteiger partial charge in [0.1, 0.15) is 0 Å². The molecule has 0 aromatic carbocycles. The van der Waals surface area contributed by atoms with E-state index in [0.717, 1.165) is 13.1 Å². The summed E-state index contributed by atoms with van der Waals surface area (Å²) in [5.74, 6) is 5.10. The summed E-state index contributed by atoms with van der Waals surface area (Å²) in [5, 5.41) is 0. The van der Waals surface area contributed by atoms with Crippen LogP contribution in [0, 0.1) is 0 Å². The van der Waals surface area contributed by atoms with Gasteiger partial charge in [0.2, 0.25) is 0 Å². The maximum atomic E-state index is 5.10. The number of nitrogens with one attached hydrogen (secondary N) is 1. The van der Waals surface area contributed by atoms with Gasteiger partial charge in [0.25, 0.3) is 0 Å². The molecular weight excluding hydrogens is 114 g/mol. The molecule has 0 atom stereocenters. The highest BCUT2D eigenvalue weighted by Crippen LogP contribution is 1.89. The molecule has 3 heteroatoms. The highest BCUT2D eigenvalue weighted by atomic mass is 15.2. The Bertz CT molecular complexity index is 63.3. The van der Waals surface area contributed by atoms with Crippen LogP contribution in [-0.4, -0.2) is 31.1 Å². The Morgan fingerprint density at radius 1 is 1.56 bits per heavy atom. The Balaban J connectivity index is 3.16. The van der Waals surface area contributed by atoms with E-state index in [1.54, 1.807) is 0 Å². The van der Waals surface area contributed by atoms with Crippen LogP contribution in [0.15, 0.2) is 0 Å². The quantitative estimate of drug-likeness (QED) is 0.410. The van der Waals surface area contributed by atoms with Crippen LogP contribution in [0.1, 0.15) is 13.8 Å². The monoisotopic (exact) mass is 131 g/mol. The van der Waals surface area contributed by atoms with Crippen molar-refractivity contribution in [2.75, 3.05) is 20.1 Å². The van der Waals surface area contributed by atoms with Gasteiger partial charge in [-0.2, -0.15) is 0 Å². The summed E-state index contributed by atoms with van der Waals surface area (Å²) in [6, 6.07) is 0.610. The van der Waals surface area contributed by atoms with Crippen LogP contribution in [0.5, 0.6) is 0 Å². The molecule has 0 unspecified atom stereocenters. The molecule has 56 valence electrons. The molecule has 0 aromatic heterocycles. The molecule has 0 rings (SSSR count). The van der Waals surface area contributed by atoms with E-state index in [4.69, 9.17) is 5.84 Å². The van der Waals surface area contributed by atoms with E-state index in [-0.39, 0.29) is 0 Å². The van der Waals surface area contributed by atoms with Gasteiger partial charge in [0, 0.05) is 19.1 Å². The number of nitrogens with zero attached hydrogens (tertiary/aromatic N) is 1. The van der Waals surface area contributed by atoms with Crippen LogP contribution in [0.3, 0.4) is 0 Å². The van der Waals surface area contributed by atoms with Gasteiger partial charge in [-0.15, -0.1) is 0 Å². The molecule has 0 amide bonds. The molecule has 0 fully saturated rings. The Morgan fingerprint density at radius 3 is 2.44 bits per heavy atom. The van der Waals surface area contributed by atoms with Crippen molar-refractivity contribution in [2.24, 2.45) is 5.84 Å². The lowest BCUT2D eigenvalue weighted by atomic mass is 10.3. The van der Waals surface area contributed by atoms with Crippen LogP contribution < -0.4 is 11.3 Å². The smallest absolute Gasteiger partial charge is 0.0225 e. The molecular formula is C6H17N3. The number of nitrogens with two attached hydrogens (primary N) is 1. The minimum Gasteiger partial charge on any atom is -0.303 e. The maximum absolute atomic E-state index is 5.10. The summed E-state index contributed by atoms with van der Waals surface area (Å²) in [4.78, 5) is 2.24. The van der Waals surface area contributed by atoms with Crippen molar-refractivity contribution in [3.63, 3.8) is 0 Å². The SMILES string of the molecule is CC(C)N(C)CCNN. The molecule has 0 saturated carbocycles. The molecule has 0 aliphatic heterocycles. The van der Waals surface area contributed by atoms with E-state index in [0.29, 0.717) is 6.04 Å². The first-order chi connectivity index (χ1) is 4.18. The van der Waals surface area contributed by atoms with Crippen molar-refractivity contribution in [1.82, 2.24) is 10.3 Å². The number of hydrazine groups is 1. The lowest BCUT2D eigenvalue weighted by Gasteiger charge is -2.19. The van der Waals surface area contributed by atoms with E-state index < -0.39 is 0 Å². The second-order valence-corrected chi connectivity index (χ2v) is 2.53. The standard InChI is InChI=1S/C6H17N3/c1-6(2)9(3)5-4-8-7/h6,8H,4-5,7H2,1-3H3. The lowest BCUT2D eigenvalue weighted by Crippen LogP contribution is -2.36. The molecule has 0 aromatic rings. The van der Waals surface area contributed by atoms with Gasteiger partial charge in [0.15, 0.2) is 0 Å². The van der Waals surface area contributed by atoms with Crippen molar-refractivity contribution in [3.05, 3.63) is 0 Å². The second-order valence-electron chi connectivity index (χ2n) is 2.53. The highest BCUT2D eigenvalue weighted by molar-refractivity contribution is 4.56. The summed E-state index contributed by atoms with van der Waals surface area (Å²) in [7, 11) is 2.09. The molecule has 3 N–H and O–H groups in total. The first-order valence-corrected chi connectivity index (χ1v) is 3.32. The molecule has 0 radical (unpaired) electrons. The van der Waals surface area contributed by atoms with Crippen LogP contribution >= 0.6 is 0 Å². The number of hydrogen-bond acceptors (Lipinski definition) is 3. The van der Waals surface area contributed by atoms with Gasteiger partial charge in [-0.3, -0.25) is 11.3 Å². The Labute approximate surface area is 57.2 Å². The van der Waals surface area contributed by atoms with Crippen LogP contribution in [0.25, 0.3) is 0 Å². The molecule has 0 bridgehead atoms. The Hall–Kier alpha value is -0.120. The third-order valence-corrected chi connectivity index (χ3v) is 1.49. The zero-order valence-corrected chi connectivity index (χ0v) is 6.52. The normalized spacial score (nSPS) is 11.3. The molecule has 9 heavy (non-hydrogen) atoms. The average molecular weight is 131 g/mol. The molecule has 3 nitrogen and oxygen atoms in total. The lowest BCUT2D eigenvalue weighted by molar-refractivity contribution is 0.274. The van der Waals surface area contributed by atoms with E-state index in [1.165, 1.54) is 0 Å². The van der Waals surface area contributed by atoms with Crippen LogP contribution in [0.4, 0.5) is 0 Å². The summed E-state index contributed by atoms with van der Waals surface area (Å²) < 4.78 is 0. The van der Waals surface area contributed by atoms with Crippen molar-refractivity contribution >= 4 is 0 Å². The summed E-state index contributed by atoms with van der Waals surface area (Å²) >= 11 is 0. The fraction of sp³-hybridized carbons (Fsp3) is 1.00. The third-order valence-electron chi connectivity index (χ3n) is 1.49. The van der Waals surface area contributed by atoms with Gasteiger partial charge in [-0.25, -0.2) is 0 Å². The summed E-state index contributed by atoms with van der Waals surface area (Å²) in [6.07, 6.45) is 0. The Morgan fingerprint density at radius 2 is 2.11 bits per heavy atom. The topological polar surface area (TPSA) is 41.3 Å². The minimum absolute atomic E-state index is 0.610. The third kappa shape index (κ3) is 4.39. The van der Waals surface area contributed by atoms with E-state index in [2.05, 4.69) is 31.2 Å². The second kappa shape index (κ2) is 4.73. The summed E-state index contributed by atoms with van der Waals surface area (Å²) in [6.45, 7) is 6.19. The Kier molecular flexibility index (Phi) is 4.67. The zero-order valence-electron chi connectivity index (χ0n) is 6.52. The largest absolute Gasteiger partial charge is 0.303 e. The molecule has 0 aliphatic carbocycles. The number of rotatable bonds is 4. The first kappa shape index (κ1) is 8.88. The van der Waals surface area contributed by atoms with Crippen LogP contribution in [0.2, 0.25) is 0 Å². The maximum Gasteiger partial charge on any atom is 0.0225 e. The van der Waals surface area contributed by atoms with E-state index in [9.17, 15) is 0 Å². The van der Waals surface area contributed by atoms with Gasteiger partial charge < -0.3 is 4.90 Å². The predicted molar refractivity (Wildman–Crippen MR) is 40.0 cm³/mol. The fourth-order valence-corrected chi connectivity index (χ4v) is 0.499. The highest BCUT2D eigenvalue weighted by Gasteiger charge is 1.99. The predicted octanol–water partition coefficient (Wildman–Crippen LogP) is -0.210. The van der Waals surface area contributed by atoms with Gasteiger partial charge in [-0.05, 0) is 20.9 Å². The first-order valence-electron chi connectivity index (χ1n) is 3.32.